The first kappa shape index (κ1) is 25.2. The first-order valence-electron chi connectivity index (χ1n) is 12.5. The number of aromatic nitrogens is 2. The van der Waals surface area contributed by atoms with Crippen molar-refractivity contribution in [2.24, 2.45) is 0 Å². The molecule has 0 saturated carbocycles. The molecule has 2 N–H and O–H groups in total. The van der Waals surface area contributed by atoms with Crippen molar-refractivity contribution in [3.8, 4) is 21.9 Å². The van der Waals surface area contributed by atoms with Gasteiger partial charge in [-0.25, -0.2) is 9.97 Å². The third-order valence-corrected chi connectivity index (χ3v) is 6.86. The predicted octanol–water partition coefficient (Wildman–Crippen LogP) is 7.46. The van der Waals surface area contributed by atoms with E-state index in [1.54, 1.807) is 29.5 Å². The highest BCUT2D eigenvalue weighted by Gasteiger charge is 2.18. The second-order valence-electron chi connectivity index (χ2n) is 8.47. The Kier molecular flexibility index (Phi) is 7.51. The largest absolute Gasteiger partial charge is 0.492 e. The van der Waals surface area contributed by atoms with Gasteiger partial charge in [-0.3, -0.25) is 4.79 Å². The van der Waals surface area contributed by atoms with Crippen LogP contribution in [0.25, 0.3) is 20.7 Å². The fraction of sp³-hybridized carbons (Fsp3) is 0.167. The Balaban J connectivity index is 1.54. The van der Waals surface area contributed by atoms with Gasteiger partial charge >= 0.3 is 0 Å². The molecule has 5 aromatic rings. The molecule has 192 valence electrons. The molecule has 0 atom stereocenters. The number of thiophene rings is 1. The highest BCUT2D eigenvalue weighted by atomic mass is 32.1. The van der Waals surface area contributed by atoms with Gasteiger partial charge < -0.3 is 20.1 Å². The first-order chi connectivity index (χ1) is 18.6. The van der Waals surface area contributed by atoms with Crippen molar-refractivity contribution >= 4 is 44.7 Å². The highest BCUT2D eigenvalue weighted by molar-refractivity contribution is 7.21. The molecule has 0 radical (unpaired) electrons. The smallest absolute Gasteiger partial charge is 0.255 e. The number of carbonyl (C=O) groups excluding carboxylic acids is 1. The molecular formula is C30H28N4O3S. The molecule has 1 amide bonds. The van der Waals surface area contributed by atoms with Crippen LogP contribution in [0.15, 0.2) is 78.9 Å². The lowest BCUT2D eigenvalue weighted by atomic mass is 10.1. The Labute approximate surface area is 225 Å². The summed E-state index contributed by atoms with van der Waals surface area (Å²) in [5.41, 5.74) is 2.90. The van der Waals surface area contributed by atoms with Crippen LogP contribution in [0.4, 0.5) is 17.2 Å². The summed E-state index contributed by atoms with van der Waals surface area (Å²) in [4.78, 5) is 24.3. The molecule has 5 rings (SSSR count). The van der Waals surface area contributed by atoms with Crippen molar-refractivity contribution in [2.75, 3.05) is 23.8 Å². The lowest BCUT2D eigenvalue weighted by Crippen LogP contribution is -2.13. The Morgan fingerprint density at radius 3 is 2.16 bits per heavy atom. The average molecular weight is 525 g/mol. The fourth-order valence-corrected chi connectivity index (χ4v) is 5.17. The maximum Gasteiger partial charge on any atom is 0.255 e. The molecule has 0 saturated heterocycles. The lowest BCUT2D eigenvalue weighted by Gasteiger charge is -2.18. The minimum absolute atomic E-state index is 0.227. The van der Waals surface area contributed by atoms with Crippen molar-refractivity contribution in [1.29, 1.82) is 0 Å². The number of fused-ring (bicyclic) bond motifs is 1. The summed E-state index contributed by atoms with van der Waals surface area (Å²) in [6.07, 6.45) is 0. The van der Waals surface area contributed by atoms with Crippen LogP contribution >= 0.6 is 11.3 Å². The number of carbonyl (C=O) groups is 1. The molecule has 3 aromatic carbocycles. The molecule has 0 unspecified atom stereocenters. The summed E-state index contributed by atoms with van der Waals surface area (Å²) >= 11 is 1.63. The number of nitrogens with one attached hydrogen (secondary N) is 2. The van der Waals surface area contributed by atoms with Crippen LogP contribution < -0.4 is 20.1 Å². The second-order valence-corrected chi connectivity index (χ2v) is 9.50. The number of nitrogens with zero attached hydrogens (tertiary/aromatic N) is 2. The molecule has 7 nitrogen and oxygen atoms in total. The predicted molar refractivity (Wildman–Crippen MR) is 154 cm³/mol. The number of benzene rings is 3. The van der Waals surface area contributed by atoms with Gasteiger partial charge in [0.05, 0.1) is 30.0 Å². The SMILES string of the molecule is CCOc1cc(Nc2nc(C)nc3sc(-c4ccccc4)cc23)c(OCC)cc1NC(=O)c1ccccc1. The Hall–Kier alpha value is -4.43. The van der Waals surface area contributed by atoms with Gasteiger partial charge in [0.1, 0.15) is 28.0 Å². The summed E-state index contributed by atoms with van der Waals surface area (Å²) in [5.74, 6) is 2.21. The van der Waals surface area contributed by atoms with E-state index < -0.39 is 0 Å². The van der Waals surface area contributed by atoms with Crippen molar-refractivity contribution in [3.63, 3.8) is 0 Å². The zero-order valence-electron chi connectivity index (χ0n) is 21.4. The topological polar surface area (TPSA) is 85.4 Å². The van der Waals surface area contributed by atoms with Crippen molar-refractivity contribution < 1.29 is 14.3 Å². The monoisotopic (exact) mass is 524 g/mol. The van der Waals surface area contributed by atoms with E-state index in [-0.39, 0.29) is 5.91 Å². The van der Waals surface area contributed by atoms with E-state index in [1.807, 2.05) is 63.2 Å². The van der Waals surface area contributed by atoms with Crippen molar-refractivity contribution in [3.05, 3.63) is 90.3 Å². The molecule has 0 aliphatic carbocycles. The van der Waals surface area contributed by atoms with Crippen LogP contribution in [0.5, 0.6) is 11.5 Å². The minimum atomic E-state index is -0.227. The van der Waals surface area contributed by atoms with Gasteiger partial charge in [-0.2, -0.15) is 0 Å². The molecular weight excluding hydrogens is 496 g/mol. The molecule has 0 fully saturated rings. The molecule has 2 aromatic heterocycles. The fourth-order valence-electron chi connectivity index (χ4n) is 4.08. The third-order valence-electron chi connectivity index (χ3n) is 5.78. The van der Waals surface area contributed by atoms with E-state index in [0.29, 0.717) is 53.3 Å². The third kappa shape index (κ3) is 5.45. The molecule has 8 heteroatoms. The maximum absolute atomic E-state index is 12.9. The van der Waals surface area contributed by atoms with E-state index in [4.69, 9.17) is 14.5 Å². The molecule has 2 heterocycles. The Morgan fingerprint density at radius 2 is 1.47 bits per heavy atom. The molecule has 0 aliphatic heterocycles. The highest BCUT2D eigenvalue weighted by Crippen LogP contribution is 2.41. The lowest BCUT2D eigenvalue weighted by molar-refractivity contribution is 0.102. The summed E-state index contributed by atoms with van der Waals surface area (Å²) < 4.78 is 11.9. The van der Waals surface area contributed by atoms with Gasteiger partial charge in [0.15, 0.2) is 0 Å². The number of ether oxygens (including phenoxy) is 2. The quantitative estimate of drug-likeness (QED) is 0.208. The first-order valence-corrected chi connectivity index (χ1v) is 13.3. The number of rotatable bonds is 9. The maximum atomic E-state index is 12.9. The van der Waals surface area contributed by atoms with E-state index in [9.17, 15) is 4.79 Å². The standard InChI is InChI=1S/C30H28N4O3S/c1-4-36-25-18-24(34-29(35)21-14-10-7-11-15-21)26(37-5-2)17-23(25)33-28-22-16-27(20-12-8-6-9-13-20)38-30(22)32-19(3)31-28/h6-18H,4-5H2,1-3H3,(H,34,35)(H,31,32,33). The summed E-state index contributed by atoms with van der Waals surface area (Å²) in [5, 5.41) is 7.34. The van der Waals surface area contributed by atoms with Crippen molar-refractivity contribution in [2.45, 2.75) is 20.8 Å². The summed E-state index contributed by atoms with van der Waals surface area (Å²) in [6.45, 7) is 6.58. The van der Waals surface area contributed by atoms with Crippen molar-refractivity contribution in [1.82, 2.24) is 9.97 Å². The van der Waals surface area contributed by atoms with Crippen LogP contribution in [-0.4, -0.2) is 29.1 Å². The molecule has 38 heavy (non-hydrogen) atoms. The summed E-state index contributed by atoms with van der Waals surface area (Å²) in [7, 11) is 0. The molecule has 0 aliphatic rings. The normalized spacial score (nSPS) is 10.8. The number of amides is 1. The second kappa shape index (κ2) is 11.3. The van der Waals surface area contributed by atoms with Crippen LogP contribution in [0.2, 0.25) is 0 Å². The van der Waals surface area contributed by atoms with Gasteiger partial charge in [-0.1, -0.05) is 48.5 Å². The Bertz CT molecular complexity index is 1570. The van der Waals surface area contributed by atoms with Gasteiger partial charge in [0, 0.05) is 22.6 Å². The van der Waals surface area contributed by atoms with E-state index >= 15 is 0 Å². The number of aryl methyl sites for hydroxylation is 1. The molecule has 0 spiro atoms. The van der Waals surface area contributed by atoms with Gasteiger partial charge in [-0.05, 0) is 44.5 Å². The van der Waals surface area contributed by atoms with Gasteiger partial charge in [-0.15, -0.1) is 11.3 Å². The van der Waals surface area contributed by atoms with Crippen LogP contribution in [0.3, 0.4) is 0 Å². The minimum Gasteiger partial charge on any atom is -0.492 e. The van der Waals surface area contributed by atoms with Gasteiger partial charge in [0.2, 0.25) is 0 Å². The number of hydrogen-bond donors (Lipinski definition) is 2. The number of anilines is 3. The zero-order chi connectivity index (χ0) is 26.5. The summed E-state index contributed by atoms with van der Waals surface area (Å²) in [6, 6.07) is 25.0. The molecule has 0 bridgehead atoms. The van der Waals surface area contributed by atoms with E-state index in [0.717, 1.165) is 20.7 Å². The van der Waals surface area contributed by atoms with Crippen LogP contribution in [0, 0.1) is 6.92 Å². The average Bonchev–Trinajstić information content (AvgIpc) is 3.36. The van der Waals surface area contributed by atoms with Gasteiger partial charge in [0.25, 0.3) is 5.91 Å². The van der Waals surface area contributed by atoms with Crippen LogP contribution in [-0.2, 0) is 0 Å². The Morgan fingerprint density at radius 1 is 0.842 bits per heavy atom. The number of hydrogen-bond acceptors (Lipinski definition) is 7. The van der Waals surface area contributed by atoms with E-state index in [1.165, 1.54) is 0 Å². The zero-order valence-corrected chi connectivity index (χ0v) is 22.3. The van der Waals surface area contributed by atoms with E-state index in [2.05, 4.69) is 33.8 Å². The van der Waals surface area contributed by atoms with Crippen LogP contribution in [0.1, 0.15) is 30.0 Å².